The van der Waals surface area contributed by atoms with Crippen molar-refractivity contribution in [3.8, 4) is 0 Å². The first-order chi connectivity index (χ1) is 8.54. The van der Waals surface area contributed by atoms with Crippen LogP contribution in [-0.4, -0.2) is 53.7 Å². The van der Waals surface area contributed by atoms with E-state index in [1.165, 1.54) is 24.3 Å². The maximum absolute atomic E-state index is 12.0. The van der Waals surface area contributed by atoms with Crippen molar-refractivity contribution in [2.75, 3.05) is 26.8 Å². The van der Waals surface area contributed by atoms with E-state index in [0.29, 0.717) is 0 Å². The highest BCUT2D eigenvalue weighted by molar-refractivity contribution is 9.10. The number of carboxylic acid groups (broad SMARTS) is 1. The molecule has 1 heterocycles. The number of pyridine rings is 1. The Morgan fingerprint density at radius 3 is 2.72 bits per heavy atom. The van der Waals surface area contributed by atoms with Crippen LogP contribution in [0.5, 0.6) is 0 Å². The summed E-state index contributed by atoms with van der Waals surface area (Å²) in [6.45, 7) is 0.106. The van der Waals surface area contributed by atoms with Crippen LogP contribution in [0, 0.1) is 0 Å². The highest BCUT2D eigenvalue weighted by atomic mass is 79.9. The standard InChI is InChI=1S/C11H13BrN2O4/c1-18-5-4-14(7-10(15)16)11(17)9-3-2-8(12)6-13-9/h2-3,6H,4-5,7H2,1H3,(H,15,16). The Morgan fingerprint density at radius 2 is 2.22 bits per heavy atom. The third kappa shape index (κ3) is 4.42. The lowest BCUT2D eigenvalue weighted by Gasteiger charge is -2.19. The predicted molar refractivity (Wildman–Crippen MR) is 67.4 cm³/mol. The lowest BCUT2D eigenvalue weighted by molar-refractivity contribution is -0.137. The zero-order valence-corrected chi connectivity index (χ0v) is 11.4. The molecule has 7 heteroatoms. The number of halogens is 1. The topological polar surface area (TPSA) is 79.7 Å². The minimum Gasteiger partial charge on any atom is -0.480 e. The minimum absolute atomic E-state index is 0.204. The fraction of sp³-hybridized carbons (Fsp3) is 0.364. The first-order valence-electron chi connectivity index (χ1n) is 5.16. The molecule has 0 atom stereocenters. The van der Waals surface area contributed by atoms with Crippen molar-refractivity contribution in [3.63, 3.8) is 0 Å². The molecule has 0 aliphatic carbocycles. The zero-order chi connectivity index (χ0) is 13.5. The predicted octanol–water partition coefficient (Wildman–Crippen LogP) is 1.02. The average Bonchev–Trinajstić information content (AvgIpc) is 2.34. The summed E-state index contributed by atoms with van der Waals surface area (Å²) >= 11 is 3.21. The van der Waals surface area contributed by atoms with E-state index in [-0.39, 0.29) is 25.4 Å². The minimum atomic E-state index is -1.07. The van der Waals surface area contributed by atoms with Gasteiger partial charge in [-0.3, -0.25) is 9.59 Å². The van der Waals surface area contributed by atoms with Crippen molar-refractivity contribution in [1.29, 1.82) is 0 Å². The highest BCUT2D eigenvalue weighted by Gasteiger charge is 2.19. The third-order valence-corrected chi connectivity index (χ3v) is 2.59. The van der Waals surface area contributed by atoms with Crippen LogP contribution in [0.1, 0.15) is 10.5 Å². The molecule has 0 aliphatic heterocycles. The van der Waals surface area contributed by atoms with Crippen LogP contribution in [0.25, 0.3) is 0 Å². The van der Waals surface area contributed by atoms with Crippen LogP contribution in [-0.2, 0) is 9.53 Å². The Morgan fingerprint density at radius 1 is 1.50 bits per heavy atom. The molecule has 6 nitrogen and oxygen atoms in total. The monoisotopic (exact) mass is 316 g/mol. The average molecular weight is 317 g/mol. The summed E-state index contributed by atoms with van der Waals surface area (Å²) in [4.78, 5) is 27.9. The largest absolute Gasteiger partial charge is 0.480 e. The number of hydrogen-bond acceptors (Lipinski definition) is 4. The molecule has 0 spiro atoms. The summed E-state index contributed by atoms with van der Waals surface area (Å²) in [7, 11) is 1.49. The molecule has 0 fully saturated rings. The van der Waals surface area contributed by atoms with Gasteiger partial charge in [-0.05, 0) is 28.1 Å². The van der Waals surface area contributed by atoms with E-state index in [0.717, 1.165) is 4.47 Å². The van der Waals surface area contributed by atoms with E-state index in [1.54, 1.807) is 6.07 Å². The Bertz CT molecular complexity index is 422. The molecule has 0 saturated carbocycles. The van der Waals surface area contributed by atoms with Crippen molar-refractivity contribution in [2.24, 2.45) is 0 Å². The number of aromatic nitrogens is 1. The van der Waals surface area contributed by atoms with Gasteiger partial charge in [-0.15, -0.1) is 0 Å². The van der Waals surface area contributed by atoms with E-state index >= 15 is 0 Å². The van der Waals surface area contributed by atoms with Crippen LogP contribution in [0.4, 0.5) is 0 Å². The summed E-state index contributed by atoms with van der Waals surface area (Å²) in [5, 5.41) is 8.76. The summed E-state index contributed by atoms with van der Waals surface area (Å²) in [5.74, 6) is -1.50. The van der Waals surface area contributed by atoms with Gasteiger partial charge in [0, 0.05) is 24.3 Å². The van der Waals surface area contributed by atoms with Crippen molar-refractivity contribution >= 4 is 27.8 Å². The van der Waals surface area contributed by atoms with E-state index in [9.17, 15) is 9.59 Å². The molecule has 18 heavy (non-hydrogen) atoms. The van der Waals surface area contributed by atoms with Gasteiger partial charge in [0.2, 0.25) is 0 Å². The van der Waals surface area contributed by atoms with Crippen molar-refractivity contribution in [3.05, 3.63) is 28.5 Å². The second-order valence-corrected chi connectivity index (χ2v) is 4.39. The van der Waals surface area contributed by atoms with Gasteiger partial charge in [-0.2, -0.15) is 0 Å². The van der Waals surface area contributed by atoms with Gasteiger partial charge < -0.3 is 14.7 Å². The second kappa shape index (κ2) is 7.07. The molecule has 0 unspecified atom stereocenters. The maximum Gasteiger partial charge on any atom is 0.323 e. The summed E-state index contributed by atoms with van der Waals surface area (Å²) < 4.78 is 5.59. The van der Waals surface area contributed by atoms with Crippen LogP contribution in [0.15, 0.2) is 22.8 Å². The first kappa shape index (κ1) is 14.6. The van der Waals surface area contributed by atoms with Crippen molar-refractivity contribution < 1.29 is 19.4 Å². The van der Waals surface area contributed by atoms with Gasteiger partial charge in [-0.25, -0.2) is 4.98 Å². The van der Waals surface area contributed by atoms with E-state index < -0.39 is 11.9 Å². The van der Waals surface area contributed by atoms with Gasteiger partial charge in [0.25, 0.3) is 5.91 Å². The highest BCUT2D eigenvalue weighted by Crippen LogP contribution is 2.09. The number of carbonyl (C=O) groups is 2. The number of amides is 1. The summed E-state index contributed by atoms with van der Waals surface area (Å²) in [5.41, 5.74) is 0.204. The van der Waals surface area contributed by atoms with Crippen molar-refractivity contribution in [2.45, 2.75) is 0 Å². The molecule has 1 amide bonds. The van der Waals surface area contributed by atoms with Crippen LogP contribution in [0.3, 0.4) is 0 Å². The summed E-state index contributed by atoms with van der Waals surface area (Å²) in [6.07, 6.45) is 1.49. The maximum atomic E-state index is 12.0. The number of carboxylic acids is 1. The Kier molecular flexibility index (Phi) is 5.73. The molecule has 98 valence electrons. The van der Waals surface area contributed by atoms with Gasteiger partial charge in [0.1, 0.15) is 12.2 Å². The van der Waals surface area contributed by atoms with Crippen LogP contribution < -0.4 is 0 Å². The molecule has 0 radical (unpaired) electrons. The second-order valence-electron chi connectivity index (χ2n) is 3.47. The number of rotatable bonds is 6. The third-order valence-electron chi connectivity index (χ3n) is 2.13. The number of ether oxygens (including phenoxy) is 1. The lowest BCUT2D eigenvalue weighted by Crippen LogP contribution is -2.38. The summed E-state index contributed by atoms with van der Waals surface area (Å²) in [6, 6.07) is 3.21. The van der Waals surface area contributed by atoms with Gasteiger partial charge in [0.15, 0.2) is 0 Å². The molecule has 0 saturated heterocycles. The first-order valence-corrected chi connectivity index (χ1v) is 5.95. The number of methoxy groups -OCH3 is 1. The molecule has 0 bridgehead atoms. The molecule has 0 aliphatic rings. The Balaban J connectivity index is 2.80. The molecular formula is C11H13BrN2O4. The molecule has 1 aromatic heterocycles. The van der Waals surface area contributed by atoms with Crippen LogP contribution >= 0.6 is 15.9 Å². The fourth-order valence-electron chi connectivity index (χ4n) is 1.28. The molecule has 0 aromatic carbocycles. The van der Waals surface area contributed by atoms with Gasteiger partial charge >= 0.3 is 5.97 Å². The lowest BCUT2D eigenvalue weighted by atomic mass is 10.3. The van der Waals surface area contributed by atoms with Crippen LogP contribution in [0.2, 0.25) is 0 Å². The normalized spacial score (nSPS) is 10.1. The SMILES string of the molecule is COCCN(CC(=O)O)C(=O)c1ccc(Br)cn1. The zero-order valence-electron chi connectivity index (χ0n) is 9.80. The molecular weight excluding hydrogens is 304 g/mol. The number of aliphatic carboxylic acids is 1. The molecule has 1 N–H and O–H groups in total. The Labute approximate surface area is 113 Å². The smallest absolute Gasteiger partial charge is 0.323 e. The number of hydrogen-bond donors (Lipinski definition) is 1. The van der Waals surface area contributed by atoms with E-state index in [4.69, 9.17) is 9.84 Å². The van der Waals surface area contributed by atoms with Crippen molar-refractivity contribution in [1.82, 2.24) is 9.88 Å². The van der Waals surface area contributed by atoms with Gasteiger partial charge in [0.05, 0.1) is 6.61 Å². The molecule has 1 aromatic rings. The fourth-order valence-corrected chi connectivity index (χ4v) is 1.52. The van der Waals surface area contributed by atoms with Gasteiger partial charge in [-0.1, -0.05) is 0 Å². The molecule has 1 rings (SSSR count). The number of nitrogens with zero attached hydrogens (tertiary/aromatic N) is 2. The van der Waals surface area contributed by atoms with E-state index in [1.807, 2.05) is 0 Å². The van der Waals surface area contributed by atoms with E-state index in [2.05, 4.69) is 20.9 Å². The Hall–Kier alpha value is -1.47. The number of carbonyl (C=O) groups excluding carboxylic acids is 1. The quantitative estimate of drug-likeness (QED) is 0.847.